The molecule has 1 heteroatoms. The van der Waals surface area contributed by atoms with Crippen molar-refractivity contribution < 1.29 is 5.11 Å². The number of hydrogen-bond donors (Lipinski definition) is 1. The monoisotopic (exact) mass is 228 g/mol. The van der Waals surface area contributed by atoms with Crippen molar-refractivity contribution in [2.45, 2.75) is 45.4 Å². The summed E-state index contributed by atoms with van der Waals surface area (Å²) >= 11 is 0. The number of aromatic hydroxyl groups is 1. The Morgan fingerprint density at radius 3 is 2.59 bits per heavy atom. The fourth-order valence-corrected chi connectivity index (χ4v) is 2.71. The maximum atomic E-state index is 10.4. The van der Waals surface area contributed by atoms with Crippen LogP contribution in [0.25, 0.3) is 5.57 Å². The normalized spacial score (nSPS) is 20.2. The van der Waals surface area contributed by atoms with Crippen LogP contribution in [0.2, 0.25) is 0 Å². The molecule has 0 amide bonds. The first kappa shape index (κ1) is 10.9. The average Bonchev–Trinajstić information content (AvgIpc) is 3.20. The zero-order valence-electron chi connectivity index (χ0n) is 10.7. The largest absolute Gasteiger partial charge is 0.507 e. The second kappa shape index (κ2) is 3.90. The number of rotatable bonds is 3. The van der Waals surface area contributed by atoms with Gasteiger partial charge in [-0.3, -0.25) is 0 Å². The molecule has 0 unspecified atom stereocenters. The molecule has 90 valence electrons. The molecule has 0 heterocycles. The summed E-state index contributed by atoms with van der Waals surface area (Å²) in [6, 6.07) is 6.24. The Balaban J connectivity index is 2.00. The van der Waals surface area contributed by atoms with Crippen molar-refractivity contribution in [3.63, 3.8) is 0 Å². The summed E-state index contributed by atoms with van der Waals surface area (Å²) < 4.78 is 0. The van der Waals surface area contributed by atoms with E-state index in [1.54, 1.807) is 0 Å². The predicted molar refractivity (Wildman–Crippen MR) is 71.1 cm³/mol. The minimum absolute atomic E-state index is 0.506. The molecule has 3 rings (SSSR count). The van der Waals surface area contributed by atoms with Gasteiger partial charge in [0.05, 0.1) is 0 Å². The van der Waals surface area contributed by atoms with Gasteiger partial charge in [0.15, 0.2) is 0 Å². The maximum absolute atomic E-state index is 10.4. The molecular formula is C16H20O. The lowest BCUT2D eigenvalue weighted by Gasteiger charge is -2.15. The molecule has 1 N–H and O–H groups in total. The Hall–Kier alpha value is -1.24. The van der Waals surface area contributed by atoms with Crippen LogP contribution < -0.4 is 0 Å². The molecule has 1 aromatic rings. The molecule has 1 aromatic carbocycles. The predicted octanol–water partition coefficient (Wildman–Crippen LogP) is 4.47. The van der Waals surface area contributed by atoms with Crippen molar-refractivity contribution >= 4 is 5.57 Å². The van der Waals surface area contributed by atoms with E-state index in [1.807, 2.05) is 0 Å². The second-order valence-corrected chi connectivity index (χ2v) is 5.60. The molecule has 2 saturated carbocycles. The Morgan fingerprint density at radius 2 is 2.00 bits per heavy atom. The zero-order chi connectivity index (χ0) is 12.0. The molecule has 1 atom stereocenters. The fraction of sp³-hybridized carbons (Fsp3) is 0.500. The van der Waals surface area contributed by atoms with Crippen LogP contribution in [0.15, 0.2) is 23.8 Å². The first-order chi connectivity index (χ1) is 8.18. The summed E-state index contributed by atoms with van der Waals surface area (Å²) in [4.78, 5) is 0. The first-order valence-electron chi connectivity index (χ1n) is 6.69. The third-order valence-electron chi connectivity index (χ3n) is 4.32. The van der Waals surface area contributed by atoms with E-state index in [-0.39, 0.29) is 0 Å². The summed E-state index contributed by atoms with van der Waals surface area (Å²) in [5.74, 6) is 1.83. The van der Waals surface area contributed by atoms with Gasteiger partial charge in [-0.2, -0.15) is 0 Å². The van der Waals surface area contributed by atoms with E-state index in [9.17, 15) is 5.11 Å². The Labute approximate surface area is 103 Å². The summed E-state index contributed by atoms with van der Waals surface area (Å²) in [5, 5.41) is 10.4. The van der Waals surface area contributed by atoms with E-state index in [4.69, 9.17) is 0 Å². The van der Waals surface area contributed by atoms with Gasteiger partial charge >= 0.3 is 0 Å². The summed E-state index contributed by atoms with van der Waals surface area (Å²) in [7, 11) is 0. The summed E-state index contributed by atoms with van der Waals surface area (Å²) in [6.45, 7) is 4.39. The lowest BCUT2D eigenvalue weighted by atomic mass is 9.91. The van der Waals surface area contributed by atoms with Crippen molar-refractivity contribution in [1.29, 1.82) is 0 Å². The minimum atomic E-state index is 0.506. The molecular weight excluding hydrogens is 208 g/mol. The van der Waals surface area contributed by atoms with E-state index in [2.05, 4.69) is 32.0 Å². The summed E-state index contributed by atoms with van der Waals surface area (Å²) in [5.41, 5.74) is 5.01. The highest BCUT2D eigenvalue weighted by molar-refractivity contribution is 5.74. The topological polar surface area (TPSA) is 20.2 Å². The lowest BCUT2D eigenvalue weighted by molar-refractivity contribution is 0.457. The quantitative estimate of drug-likeness (QED) is 0.809. The van der Waals surface area contributed by atoms with Gasteiger partial charge < -0.3 is 5.11 Å². The number of phenols is 1. The van der Waals surface area contributed by atoms with E-state index in [1.165, 1.54) is 36.8 Å². The highest BCUT2D eigenvalue weighted by Gasteiger charge is 2.31. The van der Waals surface area contributed by atoms with Gasteiger partial charge in [0.25, 0.3) is 0 Å². The molecule has 2 aliphatic rings. The molecule has 0 aliphatic heterocycles. The number of para-hydroxylation sites is 1. The van der Waals surface area contributed by atoms with Gasteiger partial charge in [-0.25, -0.2) is 0 Å². The first-order valence-corrected chi connectivity index (χ1v) is 6.69. The standard InChI is InChI=1S/C16H20O/c1-10(12-6-7-12)14-4-3-5-15(16(14)17)11(2)13-8-9-13/h3-5,10,12,17H,6-9H2,1-2H3/t10-/m0/s1. The van der Waals surface area contributed by atoms with Gasteiger partial charge in [0.2, 0.25) is 0 Å². The summed E-state index contributed by atoms with van der Waals surface area (Å²) in [6.07, 6.45) is 5.08. The van der Waals surface area contributed by atoms with Crippen LogP contribution in [0.3, 0.4) is 0 Å². The second-order valence-electron chi connectivity index (χ2n) is 5.60. The van der Waals surface area contributed by atoms with Crippen LogP contribution in [0, 0.1) is 5.92 Å². The SMILES string of the molecule is CC(=C1CC1)c1cccc([C@@H](C)C2CC2)c1O. The maximum Gasteiger partial charge on any atom is 0.126 e. The van der Waals surface area contributed by atoms with Crippen LogP contribution in [0.5, 0.6) is 5.75 Å². The van der Waals surface area contributed by atoms with Crippen LogP contribution in [0.4, 0.5) is 0 Å². The van der Waals surface area contributed by atoms with E-state index in [0.29, 0.717) is 11.7 Å². The molecule has 0 radical (unpaired) electrons. The Bertz CT molecular complexity index is 474. The van der Waals surface area contributed by atoms with E-state index in [0.717, 1.165) is 17.0 Å². The average molecular weight is 228 g/mol. The zero-order valence-corrected chi connectivity index (χ0v) is 10.7. The van der Waals surface area contributed by atoms with Gasteiger partial charge in [-0.15, -0.1) is 0 Å². The molecule has 0 aromatic heterocycles. The molecule has 1 nitrogen and oxygen atoms in total. The van der Waals surface area contributed by atoms with Gasteiger partial charge in [0, 0.05) is 5.56 Å². The third kappa shape index (κ3) is 1.99. The Kier molecular flexibility index (Phi) is 2.50. The highest BCUT2D eigenvalue weighted by Crippen LogP contribution is 2.47. The van der Waals surface area contributed by atoms with Crippen molar-refractivity contribution in [2.24, 2.45) is 5.92 Å². The van der Waals surface area contributed by atoms with Gasteiger partial charge in [-0.05, 0) is 55.6 Å². The molecule has 2 aliphatic carbocycles. The van der Waals surface area contributed by atoms with Crippen LogP contribution >= 0.6 is 0 Å². The number of phenolic OH excluding ortho intramolecular Hbond substituents is 1. The Morgan fingerprint density at radius 1 is 1.29 bits per heavy atom. The molecule has 0 saturated heterocycles. The molecule has 2 fully saturated rings. The van der Waals surface area contributed by atoms with Crippen molar-refractivity contribution in [3.05, 3.63) is 34.9 Å². The highest BCUT2D eigenvalue weighted by atomic mass is 16.3. The van der Waals surface area contributed by atoms with Crippen LogP contribution in [-0.4, -0.2) is 5.11 Å². The number of benzene rings is 1. The van der Waals surface area contributed by atoms with Gasteiger partial charge in [0.1, 0.15) is 5.75 Å². The molecule has 0 spiro atoms. The van der Waals surface area contributed by atoms with Crippen molar-refractivity contribution in [3.8, 4) is 5.75 Å². The lowest BCUT2D eigenvalue weighted by Crippen LogP contribution is -1.97. The fourth-order valence-electron chi connectivity index (χ4n) is 2.71. The third-order valence-corrected chi connectivity index (χ3v) is 4.32. The molecule has 17 heavy (non-hydrogen) atoms. The molecule has 0 bridgehead atoms. The number of hydrogen-bond acceptors (Lipinski definition) is 1. The van der Waals surface area contributed by atoms with Crippen molar-refractivity contribution in [2.75, 3.05) is 0 Å². The van der Waals surface area contributed by atoms with Crippen molar-refractivity contribution in [1.82, 2.24) is 0 Å². The van der Waals surface area contributed by atoms with E-state index >= 15 is 0 Å². The van der Waals surface area contributed by atoms with Gasteiger partial charge in [-0.1, -0.05) is 30.7 Å². The smallest absolute Gasteiger partial charge is 0.126 e. The van der Waals surface area contributed by atoms with Crippen LogP contribution in [0.1, 0.15) is 56.6 Å². The minimum Gasteiger partial charge on any atom is -0.507 e. The number of allylic oxidation sites excluding steroid dienone is 2. The van der Waals surface area contributed by atoms with Crippen LogP contribution in [-0.2, 0) is 0 Å². The van der Waals surface area contributed by atoms with E-state index < -0.39 is 0 Å².